The van der Waals surface area contributed by atoms with Crippen molar-refractivity contribution in [2.75, 3.05) is 0 Å². The van der Waals surface area contributed by atoms with Gasteiger partial charge in [0.1, 0.15) is 0 Å². The zero-order valence-electron chi connectivity index (χ0n) is 8.75. The van der Waals surface area contributed by atoms with E-state index in [1.165, 1.54) is 0 Å². The van der Waals surface area contributed by atoms with Crippen LogP contribution < -0.4 is 18.9 Å². The third-order valence-corrected chi connectivity index (χ3v) is 1.87. The monoisotopic (exact) mass is 258 g/mol. The molecule has 8 nitrogen and oxygen atoms in total. The maximum Gasteiger partial charge on any atom is 1.00 e. The number of rotatable bonds is 0. The molecule has 0 aromatic rings. The van der Waals surface area contributed by atoms with Crippen molar-refractivity contribution in [1.82, 2.24) is 0 Å². The van der Waals surface area contributed by atoms with Crippen LogP contribution in [-0.4, -0.2) is 43.2 Å². The van der Waals surface area contributed by atoms with Gasteiger partial charge in [0.25, 0.3) is 12.3 Å². The van der Waals surface area contributed by atoms with Crippen LogP contribution >= 0.6 is 0 Å². The van der Waals surface area contributed by atoms with Gasteiger partial charge < -0.3 is 18.6 Å². The Morgan fingerprint density at radius 1 is 0.722 bits per heavy atom. The normalized spacial score (nSPS) is 35.0. The third kappa shape index (κ3) is 2.19. The quantitative estimate of drug-likeness (QED) is 0.315. The van der Waals surface area contributed by atoms with Gasteiger partial charge in [-0.15, -0.1) is 0 Å². The molecule has 0 radical (unpaired) electrons. The van der Waals surface area contributed by atoms with E-state index in [9.17, 15) is 28.0 Å². The summed E-state index contributed by atoms with van der Waals surface area (Å²) in [5.41, 5.74) is 0. The van der Waals surface area contributed by atoms with Gasteiger partial charge in [0.05, 0.1) is 0 Å². The standard InChI is InChI=1S/C6H2BF2O8.Li/c8-1-3(10)14-7(15-4(1)11)16-5(12)2(9)6(13)17-7;/h1-2H;/q-1;+1. The molecule has 1 spiro atoms. The zero-order chi connectivity index (χ0) is 12.8. The van der Waals surface area contributed by atoms with Gasteiger partial charge in [-0.25, -0.2) is 8.78 Å². The maximum absolute atomic E-state index is 12.7. The molecule has 0 aliphatic carbocycles. The summed E-state index contributed by atoms with van der Waals surface area (Å²) in [6.45, 7) is -3.90. The number of hydrogen-bond donors (Lipinski definition) is 0. The molecule has 2 fully saturated rings. The Labute approximate surface area is 109 Å². The van der Waals surface area contributed by atoms with Gasteiger partial charge in [0.2, 0.25) is 0 Å². The molecule has 0 bridgehead atoms. The molecule has 2 heterocycles. The third-order valence-electron chi connectivity index (χ3n) is 1.87. The molecule has 0 amide bonds. The van der Waals surface area contributed by atoms with Crippen LogP contribution in [0.3, 0.4) is 0 Å². The first-order valence-electron chi connectivity index (χ1n) is 4.17. The first-order chi connectivity index (χ1) is 7.84. The van der Waals surface area contributed by atoms with E-state index in [-0.39, 0.29) is 18.9 Å². The number of carbonyl (C=O) groups excluding carboxylic acids is 4. The van der Waals surface area contributed by atoms with Gasteiger partial charge in [-0.1, -0.05) is 0 Å². The second-order valence-corrected chi connectivity index (χ2v) is 3.05. The number of halogens is 2. The summed E-state index contributed by atoms with van der Waals surface area (Å²) in [5, 5.41) is 0. The van der Waals surface area contributed by atoms with E-state index in [4.69, 9.17) is 0 Å². The van der Waals surface area contributed by atoms with E-state index in [1.807, 2.05) is 0 Å². The molecular formula is C6H2BF2LiO8. The van der Waals surface area contributed by atoms with E-state index < -0.39 is 43.2 Å². The van der Waals surface area contributed by atoms with Crippen molar-refractivity contribution >= 4 is 30.8 Å². The second-order valence-electron chi connectivity index (χ2n) is 3.05. The van der Waals surface area contributed by atoms with Crippen LogP contribution in [0, 0.1) is 0 Å². The van der Waals surface area contributed by atoms with Crippen molar-refractivity contribution in [3.8, 4) is 0 Å². The Morgan fingerprint density at radius 2 is 0.944 bits per heavy atom. The van der Waals surface area contributed by atoms with Gasteiger partial charge >= 0.3 is 49.7 Å². The molecule has 2 aliphatic heterocycles. The molecule has 0 unspecified atom stereocenters. The fourth-order valence-corrected chi connectivity index (χ4v) is 1.14. The summed E-state index contributed by atoms with van der Waals surface area (Å²) in [6, 6.07) is 0. The first-order valence-corrected chi connectivity index (χ1v) is 4.17. The smallest absolute Gasteiger partial charge is 0.582 e. The Hall–Kier alpha value is -1.60. The van der Waals surface area contributed by atoms with Crippen molar-refractivity contribution < 1.29 is 65.4 Å². The minimum absolute atomic E-state index is 0. The summed E-state index contributed by atoms with van der Waals surface area (Å²) in [5.74, 6) is -7.06. The topological polar surface area (TPSA) is 105 Å². The molecule has 0 saturated carbocycles. The molecule has 0 aromatic heterocycles. The molecule has 0 atom stereocenters. The van der Waals surface area contributed by atoms with Gasteiger partial charge in [0, 0.05) is 0 Å². The van der Waals surface area contributed by atoms with Crippen molar-refractivity contribution in [2.24, 2.45) is 0 Å². The van der Waals surface area contributed by atoms with Crippen molar-refractivity contribution in [3.63, 3.8) is 0 Å². The SMILES string of the molecule is O=C1O[B-]2(OC(=O)C1F)OC(=O)C(F)C(=O)O2.[Li+]. The molecule has 2 saturated heterocycles. The fraction of sp³-hybridized carbons (Fsp3) is 0.333. The summed E-state index contributed by atoms with van der Waals surface area (Å²) < 4.78 is 41.5. The molecule has 18 heavy (non-hydrogen) atoms. The Morgan fingerprint density at radius 3 is 1.17 bits per heavy atom. The molecule has 92 valence electrons. The first kappa shape index (κ1) is 14.5. The zero-order valence-corrected chi connectivity index (χ0v) is 8.75. The van der Waals surface area contributed by atoms with Crippen LogP contribution in [0.1, 0.15) is 0 Å². The summed E-state index contributed by atoms with van der Waals surface area (Å²) in [6.07, 6.45) is -5.49. The minimum Gasteiger partial charge on any atom is -0.582 e. The van der Waals surface area contributed by atoms with E-state index in [2.05, 4.69) is 18.6 Å². The van der Waals surface area contributed by atoms with E-state index in [0.717, 1.165) is 0 Å². The molecule has 2 rings (SSSR count). The van der Waals surface area contributed by atoms with E-state index in [0.29, 0.717) is 0 Å². The van der Waals surface area contributed by atoms with E-state index in [1.54, 1.807) is 0 Å². The van der Waals surface area contributed by atoms with Crippen molar-refractivity contribution in [2.45, 2.75) is 12.3 Å². The Kier molecular flexibility index (Phi) is 3.68. The average molecular weight is 258 g/mol. The van der Waals surface area contributed by atoms with Crippen LogP contribution in [0.15, 0.2) is 0 Å². The Balaban J connectivity index is 0.00000162. The molecular weight excluding hydrogens is 256 g/mol. The summed E-state index contributed by atoms with van der Waals surface area (Å²) in [4.78, 5) is 43.3. The maximum atomic E-state index is 12.7. The predicted octanol–water partition coefficient (Wildman–Crippen LogP) is -4.70. The second kappa shape index (κ2) is 4.58. The van der Waals surface area contributed by atoms with Crippen molar-refractivity contribution in [1.29, 1.82) is 0 Å². The van der Waals surface area contributed by atoms with Gasteiger partial charge in [-0.3, -0.25) is 19.2 Å². The number of alkyl halides is 2. The largest absolute Gasteiger partial charge is 1.00 e. The van der Waals surface area contributed by atoms with E-state index >= 15 is 0 Å². The van der Waals surface area contributed by atoms with Crippen LogP contribution in [0.5, 0.6) is 0 Å². The van der Waals surface area contributed by atoms with Crippen molar-refractivity contribution in [3.05, 3.63) is 0 Å². The molecule has 2 aliphatic rings. The minimum atomic E-state index is -3.90. The van der Waals surface area contributed by atoms with Gasteiger partial charge in [-0.2, -0.15) is 0 Å². The van der Waals surface area contributed by atoms with Gasteiger partial charge in [0.15, 0.2) is 0 Å². The van der Waals surface area contributed by atoms with Crippen LogP contribution in [0.2, 0.25) is 0 Å². The number of hydrogen-bond acceptors (Lipinski definition) is 8. The number of carbonyl (C=O) groups is 4. The summed E-state index contributed by atoms with van der Waals surface area (Å²) in [7, 11) is 0. The fourth-order valence-electron chi connectivity index (χ4n) is 1.14. The van der Waals surface area contributed by atoms with Crippen LogP contribution in [-0.2, 0) is 37.8 Å². The molecule has 0 N–H and O–H groups in total. The van der Waals surface area contributed by atoms with Crippen LogP contribution in [0.4, 0.5) is 8.78 Å². The van der Waals surface area contributed by atoms with Crippen LogP contribution in [0.25, 0.3) is 0 Å². The summed E-state index contributed by atoms with van der Waals surface area (Å²) >= 11 is 0. The average Bonchev–Trinajstić information content (AvgIpc) is 2.22. The predicted molar refractivity (Wildman–Crippen MR) is 39.9 cm³/mol. The molecule has 12 heteroatoms. The molecule has 0 aromatic carbocycles. The van der Waals surface area contributed by atoms with Gasteiger partial charge in [-0.05, 0) is 0 Å². The Bertz CT molecular complexity index is 362.